The van der Waals surface area contributed by atoms with Gasteiger partial charge in [-0.15, -0.1) is 0 Å². The van der Waals surface area contributed by atoms with Crippen molar-refractivity contribution in [3.05, 3.63) is 76.6 Å². The molecule has 0 fully saturated rings. The molecule has 2 N–H and O–H groups in total. The van der Waals surface area contributed by atoms with Crippen LogP contribution in [0.15, 0.2) is 48.7 Å². The Morgan fingerprint density at radius 2 is 1.37 bits per heavy atom. The van der Waals surface area contributed by atoms with Crippen LogP contribution in [0.25, 0.3) is 0 Å². The fourth-order valence-corrected chi connectivity index (χ4v) is 4.19. The van der Waals surface area contributed by atoms with E-state index in [0.29, 0.717) is 6.42 Å². The van der Waals surface area contributed by atoms with E-state index in [-0.39, 0.29) is 35.2 Å². The summed E-state index contributed by atoms with van der Waals surface area (Å²) in [5, 5.41) is 0. The average Bonchev–Trinajstić information content (AvgIpc) is 2.94. The van der Waals surface area contributed by atoms with Crippen LogP contribution in [-0.2, 0) is 14.3 Å². The van der Waals surface area contributed by atoms with Crippen molar-refractivity contribution in [2.75, 3.05) is 21.3 Å². The van der Waals surface area contributed by atoms with Gasteiger partial charge in [0, 0.05) is 36.7 Å². The first kappa shape index (κ1) is 32.6. The molecule has 0 bridgehead atoms. The molecule has 0 spiro atoms. The van der Waals surface area contributed by atoms with Crippen LogP contribution in [0.3, 0.4) is 0 Å². The van der Waals surface area contributed by atoms with E-state index in [1.165, 1.54) is 26.3 Å². The number of rotatable bonds is 10. The van der Waals surface area contributed by atoms with Crippen LogP contribution in [0.1, 0.15) is 65.9 Å². The average molecular weight is 567 g/mol. The zero-order valence-electron chi connectivity index (χ0n) is 24.8. The van der Waals surface area contributed by atoms with Crippen LogP contribution in [0.5, 0.6) is 23.0 Å². The Morgan fingerprint density at radius 3 is 1.78 bits per heavy atom. The fraction of sp³-hybridized carbons (Fsp3) is 0.355. The molecule has 3 aromatic rings. The second kappa shape index (κ2) is 15.3. The standard InChI is InChI=1S/C22H28O4.C9H10N2O4/c1-7-21(23)26-16(4)22(17-10-8-14(2)12-19(17)24-5)18-11-9-15(3)13-20(18)25-6;1-5(12)15-8-6(14-2)3-4-11-7(8)9(10)13/h8-13,16,22H,7H2,1-6H3;3-4H,1-2H3,(H2,10,13). The first-order valence-corrected chi connectivity index (χ1v) is 13.0. The Morgan fingerprint density at radius 1 is 0.854 bits per heavy atom. The summed E-state index contributed by atoms with van der Waals surface area (Å²) in [5.74, 6) is -0.0618. The number of hydrogen-bond acceptors (Lipinski definition) is 9. The van der Waals surface area contributed by atoms with Crippen molar-refractivity contribution in [2.45, 2.75) is 53.1 Å². The van der Waals surface area contributed by atoms with E-state index in [1.807, 2.05) is 57.2 Å². The maximum Gasteiger partial charge on any atom is 0.308 e. The largest absolute Gasteiger partial charge is 0.496 e. The van der Waals surface area contributed by atoms with E-state index in [1.54, 1.807) is 21.1 Å². The molecule has 1 amide bonds. The summed E-state index contributed by atoms with van der Waals surface area (Å²) in [7, 11) is 4.70. The number of benzene rings is 2. The maximum atomic E-state index is 11.9. The number of nitrogens with zero attached hydrogens (tertiary/aromatic N) is 1. The zero-order chi connectivity index (χ0) is 30.7. The minimum atomic E-state index is -0.787. The molecule has 0 aliphatic carbocycles. The topological polar surface area (TPSA) is 136 Å². The molecule has 220 valence electrons. The zero-order valence-corrected chi connectivity index (χ0v) is 24.8. The molecular formula is C31H38N2O8. The number of carbonyl (C=O) groups is 3. The second-order valence-electron chi connectivity index (χ2n) is 9.17. The van der Waals surface area contributed by atoms with Gasteiger partial charge in [-0.2, -0.15) is 0 Å². The third kappa shape index (κ3) is 8.69. The molecule has 1 unspecified atom stereocenters. The van der Waals surface area contributed by atoms with Crippen LogP contribution in [0, 0.1) is 13.8 Å². The first-order valence-electron chi connectivity index (χ1n) is 13.0. The van der Waals surface area contributed by atoms with E-state index in [4.69, 9.17) is 29.4 Å². The summed E-state index contributed by atoms with van der Waals surface area (Å²) in [6.45, 7) is 8.96. The molecule has 1 atom stereocenters. The SMILES string of the molecule is CCC(=O)OC(C)C(c1ccc(C)cc1OC)c1ccc(C)cc1OC.COc1ccnc(C(N)=O)c1OC(C)=O. The van der Waals surface area contributed by atoms with Gasteiger partial charge in [0.15, 0.2) is 11.4 Å². The second-order valence-corrected chi connectivity index (χ2v) is 9.17. The number of ether oxygens (including phenoxy) is 5. The number of hydrogen-bond donors (Lipinski definition) is 1. The van der Waals surface area contributed by atoms with Crippen LogP contribution in [0.4, 0.5) is 0 Å². The lowest BCUT2D eigenvalue weighted by molar-refractivity contribution is -0.148. The Bertz CT molecular complexity index is 1320. The van der Waals surface area contributed by atoms with Crippen LogP contribution < -0.4 is 24.7 Å². The van der Waals surface area contributed by atoms with E-state index in [0.717, 1.165) is 33.8 Å². The lowest BCUT2D eigenvalue weighted by Gasteiger charge is -2.28. The van der Waals surface area contributed by atoms with E-state index in [9.17, 15) is 14.4 Å². The fourth-order valence-electron chi connectivity index (χ4n) is 4.19. The van der Waals surface area contributed by atoms with Crippen LogP contribution in [-0.4, -0.2) is 50.3 Å². The molecule has 1 heterocycles. The molecule has 1 aromatic heterocycles. The number of pyridine rings is 1. The Balaban J connectivity index is 0.000000333. The number of nitrogens with two attached hydrogens (primary N) is 1. The van der Waals surface area contributed by atoms with Gasteiger partial charge >= 0.3 is 11.9 Å². The van der Waals surface area contributed by atoms with E-state index >= 15 is 0 Å². The van der Waals surface area contributed by atoms with Crippen molar-refractivity contribution in [3.63, 3.8) is 0 Å². The normalized spacial score (nSPS) is 11.0. The molecule has 0 radical (unpaired) electrons. The van der Waals surface area contributed by atoms with Crippen LogP contribution >= 0.6 is 0 Å². The summed E-state index contributed by atoms with van der Waals surface area (Å²) in [5.41, 5.74) is 9.09. The molecule has 0 aliphatic heterocycles. The number of aryl methyl sites for hydroxylation is 2. The summed E-state index contributed by atoms with van der Waals surface area (Å²) < 4.78 is 26.6. The minimum absolute atomic E-state index is 0.0556. The lowest BCUT2D eigenvalue weighted by Crippen LogP contribution is -2.24. The van der Waals surface area contributed by atoms with Gasteiger partial charge < -0.3 is 29.4 Å². The molecule has 0 aliphatic rings. The van der Waals surface area contributed by atoms with Crippen molar-refractivity contribution in [1.29, 1.82) is 0 Å². The van der Waals surface area contributed by atoms with Gasteiger partial charge in [0.2, 0.25) is 5.75 Å². The van der Waals surface area contributed by atoms with Crippen molar-refractivity contribution < 1.29 is 38.1 Å². The number of aromatic nitrogens is 1. The summed E-state index contributed by atoms with van der Waals surface area (Å²) >= 11 is 0. The van der Waals surface area contributed by atoms with Crippen molar-refractivity contribution in [1.82, 2.24) is 4.98 Å². The maximum absolute atomic E-state index is 11.9. The van der Waals surface area contributed by atoms with Crippen molar-refractivity contribution in [2.24, 2.45) is 5.73 Å². The number of primary amides is 1. The summed E-state index contributed by atoms with van der Waals surface area (Å²) in [6.07, 6.45) is 1.31. The highest BCUT2D eigenvalue weighted by molar-refractivity contribution is 5.95. The first-order chi connectivity index (χ1) is 19.5. The summed E-state index contributed by atoms with van der Waals surface area (Å²) in [4.78, 5) is 37.4. The molecule has 41 heavy (non-hydrogen) atoms. The van der Waals surface area contributed by atoms with Crippen LogP contribution in [0.2, 0.25) is 0 Å². The molecular weight excluding hydrogens is 528 g/mol. The minimum Gasteiger partial charge on any atom is -0.496 e. The third-order valence-corrected chi connectivity index (χ3v) is 6.09. The molecule has 10 nitrogen and oxygen atoms in total. The quantitative estimate of drug-likeness (QED) is 0.340. The van der Waals surface area contributed by atoms with E-state index in [2.05, 4.69) is 4.98 Å². The number of amides is 1. The lowest BCUT2D eigenvalue weighted by atomic mass is 9.85. The van der Waals surface area contributed by atoms with Gasteiger partial charge in [-0.25, -0.2) is 4.98 Å². The van der Waals surface area contributed by atoms with Gasteiger partial charge in [0.1, 0.15) is 17.6 Å². The van der Waals surface area contributed by atoms with Crippen molar-refractivity contribution in [3.8, 4) is 23.0 Å². The molecule has 10 heteroatoms. The molecule has 0 saturated carbocycles. The predicted molar refractivity (Wildman–Crippen MR) is 154 cm³/mol. The molecule has 3 rings (SSSR count). The number of esters is 2. The Hall–Kier alpha value is -4.60. The number of carbonyl (C=O) groups excluding carboxylic acids is 3. The third-order valence-electron chi connectivity index (χ3n) is 6.09. The van der Waals surface area contributed by atoms with Gasteiger partial charge in [-0.3, -0.25) is 14.4 Å². The monoisotopic (exact) mass is 566 g/mol. The van der Waals surface area contributed by atoms with Gasteiger partial charge in [-0.1, -0.05) is 31.2 Å². The number of methoxy groups -OCH3 is 3. The van der Waals surface area contributed by atoms with Gasteiger partial charge in [-0.05, 0) is 44.0 Å². The highest BCUT2D eigenvalue weighted by Gasteiger charge is 2.29. The smallest absolute Gasteiger partial charge is 0.308 e. The van der Waals surface area contributed by atoms with E-state index < -0.39 is 11.9 Å². The highest BCUT2D eigenvalue weighted by atomic mass is 16.6. The molecule has 2 aromatic carbocycles. The molecule has 0 saturated heterocycles. The summed E-state index contributed by atoms with van der Waals surface area (Å²) in [6, 6.07) is 13.6. The van der Waals surface area contributed by atoms with Crippen molar-refractivity contribution >= 4 is 17.8 Å². The highest BCUT2D eigenvalue weighted by Crippen LogP contribution is 2.40. The van der Waals surface area contributed by atoms with Gasteiger partial charge in [0.05, 0.1) is 27.2 Å². The Kier molecular flexibility index (Phi) is 12.1. The van der Waals surface area contributed by atoms with Gasteiger partial charge in [0.25, 0.3) is 5.91 Å². The predicted octanol–water partition coefficient (Wildman–Crippen LogP) is 4.91. The Labute approximate surface area is 240 Å².